The average Bonchev–Trinajstić information content (AvgIpc) is 2.20. The second kappa shape index (κ2) is 8.99. The van der Waals surface area contributed by atoms with Gasteiger partial charge in [-0.25, -0.2) is 0 Å². The molecule has 0 atom stereocenters. The summed E-state index contributed by atoms with van der Waals surface area (Å²) in [4.78, 5) is 22.4. The highest BCUT2D eigenvalue weighted by molar-refractivity contribution is 5.92. The largest absolute Gasteiger partial charge is 0.366 e. The number of nitrogens with zero attached hydrogens (tertiary/aromatic N) is 1. The number of carbonyl (C=O) groups is 2. The van der Waals surface area contributed by atoms with Crippen LogP contribution in [0.15, 0.2) is 24.8 Å². The number of likely N-dealkylation sites (N-methyl/N-ethyl adjacent to an activating group) is 1. The van der Waals surface area contributed by atoms with Crippen molar-refractivity contribution in [2.75, 3.05) is 13.1 Å². The van der Waals surface area contributed by atoms with Crippen LogP contribution in [0.5, 0.6) is 0 Å². The Bertz CT molecular complexity index is 243. The van der Waals surface area contributed by atoms with Gasteiger partial charge in [0.2, 0.25) is 11.8 Å². The number of amides is 2. The molecule has 0 aromatic carbocycles. The van der Waals surface area contributed by atoms with E-state index in [2.05, 4.69) is 18.9 Å². The van der Waals surface area contributed by atoms with E-state index in [1.807, 2.05) is 13.8 Å². The summed E-state index contributed by atoms with van der Waals surface area (Å²) < 4.78 is 0. The number of carbonyl (C=O) groups excluding carboxylic acids is 2. The fraction of sp³-hybridized carbons (Fsp3) is 0.455. The second-order valence-corrected chi connectivity index (χ2v) is 2.86. The lowest BCUT2D eigenvalue weighted by molar-refractivity contribution is -0.126. The van der Waals surface area contributed by atoms with Crippen LogP contribution in [0.4, 0.5) is 0 Å². The third kappa shape index (κ3) is 8.74. The van der Waals surface area contributed by atoms with Crippen LogP contribution in [-0.2, 0) is 9.59 Å². The molecule has 0 unspecified atom stereocenters. The summed E-state index contributed by atoms with van der Waals surface area (Å²) in [6.07, 6.45) is 1.06. The first-order valence-electron chi connectivity index (χ1n) is 4.77. The van der Waals surface area contributed by atoms with Gasteiger partial charge in [-0.2, -0.15) is 0 Å². The van der Waals surface area contributed by atoms with Crippen molar-refractivity contribution in [3.8, 4) is 0 Å². The first kappa shape index (κ1) is 15.9. The number of nitrogens with two attached hydrogens (primary N) is 1. The predicted molar refractivity (Wildman–Crippen MR) is 62.1 cm³/mol. The average molecular weight is 212 g/mol. The van der Waals surface area contributed by atoms with Gasteiger partial charge in [0.15, 0.2) is 0 Å². The third-order valence-corrected chi connectivity index (χ3v) is 1.62. The molecule has 0 aliphatic carbocycles. The number of primary amides is 1. The third-order valence-electron chi connectivity index (χ3n) is 1.62. The molecular formula is C11H20N2O2. The molecule has 0 saturated heterocycles. The number of rotatable bonds is 4. The van der Waals surface area contributed by atoms with E-state index >= 15 is 0 Å². The first-order valence-corrected chi connectivity index (χ1v) is 4.77. The van der Waals surface area contributed by atoms with Crippen molar-refractivity contribution in [3.63, 3.8) is 0 Å². The summed E-state index contributed by atoms with van der Waals surface area (Å²) >= 11 is 0. The highest BCUT2D eigenvalue weighted by Crippen LogP contribution is 1.96. The van der Waals surface area contributed by atoms with Crippen molar-refractivity contribution in [2.45, 2.75) is 20.8 Å². The molecule has 0 heterocycles. The van der Waals surface area contributed by atoms with E-state index in [4.69, 9.17) is 0 Å². The fourth-order valence-corrected chi connectivity index (χ4v) is 0.781. The maximum atomic E-state index is 11.1. The monoisotopic (exact) mass is 212 g/mol. The summed E-state index contributed by atoms with van der Waals surface area (Å²) in [7, 11) is 0. The van der Waals surface area contributed by atoms with E-state index < -0.39 is 5.91 Å². The summed E-state index contributed by atoms with van der Waals surface area (Å²) in [5.74, 6) is -0.421. The SMILES string of the molecule is C=C(C)C(=O)N(CC)CC.C=CC(N)=O. The Balaban J connectivity index is 0. The van der Waals surface area contributed by atoms with Crippen LogP contribution in [0.2, 0.25) is 0 Å². The van der Waals surface area contributed by atoms with E-state index in [0.29, 0.717) is 5.57 Å². The van der Waals surface area contributed by atoms with Crippen molar-refractivity contribution in [1.82, 2.24) is 4.90 Å². The Morgan fingerprint density at radius 2 is 1.67 bits per heavy atom. The standard InChI is InChI=1S/C8H15NO.C3H5NO/c1-5-9(6-2)8(10)7(3)4;1-2-3(4)5/h3,5-6H2,1-2,4H3;2H,1H2,(H2,4,5). The van der Waals surface area contributed by atoms with Gasteiger partial charge >= 0.3 is 0 Å². The number of hydrogen-bond donors (Lipinski definition) is 1. The molecule has 4 heteroatoms. The lowest BCUT2D eigenvalue weighted by Crippen LogP contribution is -2.30. The zero-order chi connectivity index (χ0) is 12.4. The topological polar surface area (TPSA) is 63.4 Å². The van der Waals surface area contributed by atoms with Crippen LogP contribution in [-0.4, -0.2) is 29.8 Å². The molecule has 2 amide bonds. The maximum Gasteiger partial charge on any atom is 0.248 e. The Kier molecular flexibility index (Phi) is 9.52. The molecule has 0 rings (SSSR count). The van der Waals surface area contributed by atoms with Crippen molar-refractivity contribution >= 4 is 11.8 Å². The summed E-state index contributed by atoms with van der Waals surface area (Å²) in [6.45, 7) is 13.9. The Morgan fingerprint density at radius 1 is 1.33 bits per heavy atom. The van der Waals surface area contributed by atoms with Crippen molar-refractivity contribution in [3.05, 3.63) is 24.8 Å². The minimum Gasteiger partial charge on any atom is -0.366 e. The molecule has 0 saturated carbocycles. The lowest BCUT2D eigenvalue weighted by atomic mass is 10.3. The van der Waals surface area contributed by atoms with E-state index in [1.165, 1.54) is 0 Å². The van der Waals surface area contributed by atoms with Gasteiger partial charge in [-0.15, -0.1) is 0 Å². The molecule has 0 radical (unpaired) electrons. The molecule has 0 aromatic rings. The van der Waals surface area contributed by atoms with Gasteiger partial charge in [0, 0.05) is 18.7 Å². The molecule has 4 nitrogen and oxygen atoms in total. The van der Waals surface area contributed by atoms with Crippen molar-refractivity contribution in [1.29, 1.82) is 0 Å². The van der Waals surface area contributed by atoms with Gasteiger partial charge in [-0.1, -0.05) is 13.2 Å². The molecule has 0 fully saturated rings. The van der Waals surface area contributed by atoms with Crippen LogP contribution in [0.3, 0.4) is 0 Å². The maximum absolute atomic E-state index is 11.1. The quantitative estimate of drug-likeness (QED) is 0.709. The molecular weight excluding hydrogens is 192 g/mol. The Morgan fingerprint density at radius 3 is 1.73 bits per heavy atom. The van der Waals surface area contributed by atoms with Gasteiger partial charge in [0.25, 0.3) is 0 Å². The van der Waals surface area contributed by atoms with Gasteiger partial charge in [-0.05, 0) is 26.8 Å². The molecule has 0 aliphatic rings. The van der Waals surface area contributed by atoms with Crippen LogP contribution in [0, 0.1) is 0 Å². The predicted octanol–water partition coefficient (Wildman–Crippen LogP) is 1.09. The molecule has 0 aliphatic heterocycles. The van der Waals surface area contributed by atoms with Crippen molar-refractivity contribution in [2.24, 2.45) is 5.73 Å². The van der Waals surface area contributed by atoms with Gasteiger partial charge < -0.3 is 10.6 Å². The zero-order valence-electron chi connectivity index (χ0n) is 9.75. The van der Waals surface area contributed by atoms with Gasteiger partial charge in [-0.3, -0.25) is 9.59 Å². The molecule has 86 valence electrons. The van der Waals surface area contributed by atoms with E-state index in [1.54, 1.807) is 11.8 Å². The summed E-state index contributed by atoms with van der Waals surface area (Å²) in [5.41, 5.74) is 5.15. The van der Waals surface area contributed by atoms with Crippen LogP contribution < -0.4 is 5.73 Å². The lowest BCUT2D eigenvalue weighted by Gasteiger charge is -2.17. The minimum atomic E-state index is -0.481. The Hall–Kier alpha value is -1.58. The van der Waals surface area contributed by atoms with E-state index in [9.17, 15) is 9.59 Å². The fourth-order valence-electron chi connectivity index (χ4n) is 0.781. The first-order chi connectivity index (χ1) is 6.90. The molecule has 2 N–H and O–H groups in total. The normalized spacial score (nSPS) is 8.20. The van der Waals surface area contributed by atoms with E-state index in [0.717, 1.165) is 19.2 Å². The second-order valence-electron chi connectivity index (χ2n) is 2.86. The highest BCUT2D eigenvalue weighted by atomic mass is 16.2. The molecule has 0 spiro atoms. The summed E-state index contributed by atoms with van der Waals surface area (Å²) in [5, 5.41) is 0. The van der Waals surface area contributed by atoms with Crippen LogP contribution in [0.1, 0.15) is 20.8 Å². The van der Waals surface area contributed by atoms with Crippen LogP contribution >= 0.6 is 0 Å². The van der Waals surface area contributed by atoms with Crippen molar-refractivity contribution < 1.29 is 9.59 Å². The highest BCUT2D eigenvalue weighted by Gasteiger charge is 2.08. The number of hydrogen-bond acceptors (Lipinski definition) is 2. The van der Waals surface area contributed by atoms with Crippen LogP contribution in [0.25, 0.3) is 0 Å². The molecule has 0 bridgehead atoms. The molecule has 0 aromatic heterocycles. The Labute approximate surface area is 91.4 Å². The van der Waals surface area contributed by atoms with E-state index in [-0.39, 0.29) is 5.91 Å². The molecule has 15 heavy (non-hydrogen) atoms. The zero-order valence-corrected chi connectivity index (χ0v) is 9.75. The smallest absolute Gasteiger partial charge is 0.248 e. The van der Waals surface area contributed by atoms with Gasteiger partial charge in [0.05, 0.1) is 0 Å². The minimum absolute atomic E-state index is 0.0602. The van der Waals surface area contributed by atoms with Gasteiger partial charge in [0.1, 0.15) is 0 Å². The summed E-state index contributed by atoms with van der Waals surface area (Å²) in [6, 6.07) is 0.